The lowest BCUT2D eigenvalue weighted by atomic mass is 9.82. The third-order valence-corrected chi connectivity index (χ3v) is 13.8. The van der Waals surface area contributed by atoms with Crippen LogP contribution in [0, 0.1) is 0 Å². The van der Waals surface area contributed by atoms with Gasteiger partial charge in [0.15, 0.2) is 0 Å². The molecule has 2 aromatic heterocycles. The van der Waals surface area contributed by atoms with Crippen LogP contribution < -0.4 is 4.90 Å². The first-order valence-electron chi connectivity index (χ1n) is 17.9. The lowest BCUT2D eigenvalue weighted by Gasteiger charge is -2.28. The number of thiophene rings is 2. The molecule has 1 nitrogen and oxygen atoms in total. The van der Waals surface area contributed by atoms with Gasteiger partial charge in [-0.15, -0.1) is 22.7 Å². The fourth-order valence-corrected chi connectivity index (χ4v) is 11.3. The highest BCUT2D eigenvalue weighted by atomic mass is 32.1. The molecule has 1 aliphatic carbocycles. The van der Waals surface area contributed by atoms with E-state index in [0.29, 0.717) is 0 Å². The van der Waals surface area contributed by atoms with E-state index in [4.69, 9.17) is 0 Å². The molecular weight excluding hydrogens is 667 g/mol. The largest absolute Gasteiger partial charge is 0.309 e. The zero-order chi connectivity index (χ0) is 34.6. The molecule has 0 N–H and O–H groups in total. The number of anilines is 3. The molecule has 0 bridgehead atoms. The molecule has 0 saturated carbocycles. The van der Waals surface area contributed by atoms with E-state index in [1.165, 1.54) is 95.9 Å². The highest BCUT2D eigenvalue weighted by molar-refractivity contribution is 7.27. The van der Waals surface area contributed by atoms with Gasteiger partial charge in [0, 0.05) is 52.4 Å². The Hall–Kier alpha value is -5.74. The fraction of sp³-hybridized carbons (Fsp3) is 0.0612. The molecule has 0 amide bonds. The quantitative estimate of drug-likeness (QED) is 0.177. The van der Waals surface area contributed by atoms with Crippen LogP contribution in [0.25, 0.3) is 73.4 Å². The van der Waals surface area contributed by atoms with Gasteiger partial charge in [0.25, 0.3) is 0 Å². The molecule has 0 unspecified atom stereocenters. The van der Waals surface area contributed by atoms with E-state index in [1.54, 1.807) is 0 Å². The summed E-state index contributed by atoms with van der Waals surface area (Å²) in [5.74, 6) is 0. The summed E-state index contributed by atoms with van der Waals surface area (Å²) in [7, 11) is 0. The Morgan fingerprint density at radius 2 is 1.10 bits per heavy atom. The summed E-state index contributed by atoms with van der Waals surface area (Å²) in [6, 6.07) is 61.0. The third-order valence-electron chi connectivity index (χ3n) is 11.3. The molecule has 2 heterocycles. The SMILES string of the molecule is CC1(C)c2ccccc2-c2cc(N(c3cccc(-c4cccc5c4sc4ccccc45)c3)c3cccc4c3sc3c5ccccc5ccc43)ccc21. The van der Waals surface area contributed by atoms with Crippen LogP contribution in [0.15, 0.2) is 164 Å². The maximum absolute atomic E-state index is 2.50. The molecule has 0 fully saturated rings. The van der Waals surface area contributed by atoms with Crippen LogP contribution in [0.5, 0.6) is 0 Å². The first kappa shape index (κ1) is 29.9. The van der Waals surface area contributed by atoms with Crippen molar-refractivity contribution < 1.29 is 0 Å². The molecule has 1 aliphatic rings. The number of hydrogen-bond donors (Lipinski definition) is 0. The zero-order valence-electron chi connectivity index (χ0n) is 28.9. The Labute approximate surface area is 310 Å². The van der Waals surface area contributed by atoms with Crippen molar-refractivity contribution in [3.8, 4) is 22.3 Å². The Kier molecular flexibility index (Phi) is 6.41. The van der Waals surface area contributed by atoms with Gasteiger partial charge in [-0.05, 0) is 80.6 Å². The van der Waals surface area contributed by atoms with Crippen molar-refractivity contribution in [3.63, 3.8) is 0 Å². The second kappa shape index (κ2) is 11.1. The normalized spacial score (nSPS) is 13.3. The molecule has 0 radical (unpaired) electrons. The number of nitrogens with zero attached hydrogens (tertiary/aromatic N) is 1. The Balaban J connectivity index is 1.17. The summed E-state index contributed by atoms with van der Waals surface area (Å²) >= 11 is 3.80. The highest BCUT2D eigenvalue weighted by Crippen LogP contribution is 2.52. The molecular formula is C49H33NS2. The predicted octanol–water partition coefficient (Wildman–Crippen LogP) is 15.0. The molecule has 246 valence electrons. The Morgan fingerprint density at radius 1 is 0.423 bits per heavy atom. The van der Waals surface area contributed by atoms with Gasteiger partial charge in [-0.2, -0.15) is 0 Å². The highest BCUT2D eigenvalue weighted by Gasteiger charge is 2.35. The number of hydrogen-bond acceptors (Lipinski definition) is 3. The molecule has 0 saturated heterocycles. The summed E-state index contributed by atoms with van der Waals surface area (Å²) in [6.07, 6.45) is 0. The smallest absolute Gasteiger partial charge is 0.0640 e. The van der Waals surface area contributed by atoms with Crippen molar-refractivity contribution >= 4 is 90.9 Å². The standard InChI is InChI=1S/C49H33NS2/c1-49(2)42-21-7-5-16-36(42)41-29-33(25-27-43(41)49)50(44-22-11-20-39-40-26-24-30-12-3-4-15-34(30)47(40)52-48(39)44)32-14-9-13-31(28-32)35-18-10-19-38-37-17-6-8-23-45(37)51-46(35)38/h3-29H,1-2H3. The second-order valence-corrected chi connectivity index (χ2v) is 16.6. The maximum atomic E-state index is 2.50. The van der Waals surface area contributed by atoms with Gasteiger partial charge in [-0.1, -0.05) is 141 Å². The molecule has 11 rings (SSSR count). The number of benzene rings is 8. The monoisotopic (exact) mass is 699 g/mol. The van der Waals surface area contributed by atoms with E-state index >= 15 is 0 Å². The van der Waals surface area contributed by atoms with E-state index < -0.39 is 0 Å². The van der Waals surface area contributed by atoms with Crippen LogP contribution in [0.1, 0.15) is 25.0 Å². The van der Waals surface area contributed by atoms with Crippen LogP contribution in [-0.4, -0.2) is 0 Å². The van der Waals surface area contributed by atoms with E-state index in [1.807, 2.05) is 22.7 Å². The first-order valence-corrected chi connectivity index (χ1v) is 19.6. The minimum absolute atomic E-state index is 0.0509. The summed E-state index contributed by atoms with van der Waals surface area (Å²) in [5.41, 5.74) is 11.4. The maximum Gasteiger partial charge on any atom is 0.0640 e. The van der Waals surface area contributed by atoms with Gasteiger partial charge in [0.2, 0.25) is 0 Å². The first-order chi connectivity index (χ1) is 25.5. The molecule has 0 spiro atoms. The average molecular weight is 700 g/mol. The third kappa shape index (κ3) is 4.27. The van der Waals surface area contributed by atoms with Crippen molar-refractivity contribution in [2.75, 3.05) is 4.90 Å². The van der Waals surface area contributed by atoms with Crippen molar-refractivity contribution in [3.05, 3.63) is 175 Å². The van der Waals surface area contributed by atoms with Gasteiger partial charge in [-0.3, -0.25) is 0 Å². The van der Waals surface area contributed by atoms with Gasteiger partial charge in [0.1, 0.15) is 0 Å². The van der Waals surface area contributed by atoms with Crippen molar-refractivity contribution in [1.29, 1.82) is 0 Å². The molecule has 0 atom stereocenters. The van der Waals surface area contributed by atoms with Crippen molar-refractivity contribution in [1.82, 2.24) is 0 Å². The van der Waals surface area contributed by atoms with Crippen molar-refractivity contribution in [2.45, 2.75) is 19.3 Å². The molecule has 52 heavy (non-hydrogen) atoms. The van der Waals surface area contributed by atoms with Gasteiger partial charge < -0.3 is 4.90 Å². The lowest BCUT2D eigenvalue weighted by molar-refractivity contribution is 0.660. The van der Waals surface area contributed by atoms with Crippen LogP contribution >= 0.6 is 22.7 Å². The van der Waals surface area contributed by atoms with Gasteiger partial charge in [0.05, 0.1) is 10.4 Å². The van der Waals surface area contributed by atoms with Gasteiger partial charge in [-0.25, -0.2) is 0 Å². The Morgan fingerprint density at radius 3 is 2.02 bits per heavy atom. The van der Waals surface area contributed by atoms with Crippen LogP contribution in [0.2, 0.25) is 0 Å². The molecule has 10 aromatic rings. The number of fused-ring (bicyclic) bond motifs is 11. The summed E-state index contributed by atoms with van der Waals surface area (Å²) < 4.78 is 5.30. The summed E-state index contributed by atoms with van der Waals surface area (Å²) in [4.78, 5) is 2.50. The van der Waals surface area contributed by atoms with Gasteiger partial charge >= 0.3 is 0 Å². The van der Waals surface area contributed by atoms with Crippen molar-refractivity contribution in [2.24, 2.45) is 0 Å². The zero-order valence-corrected chi connectivity index (χ0v) is 30.5. The van der Waals surface area contributed by atoms with Crippen LogP contribution in [0.4, 0.5) is 17.1 Å². The summed E-state index contributed by atoms with van der Waals surface area (Å²) in [5, 5.41) is 7.86. The summed E-state index contributed by atoms with van der Waals surface area (Å²) in [6.45, 7) is 4.71. The van der Waals surface area contributed by atoms with E-state index in [-0.39, 0.29) is 5.41 Å². The Bertz CT molecular complexity index is 3070. The average Bonchev–Trinajstić information content (AvgIpc) is 3.84. The topological polar surface area (TPSA) is 3.24 Å². The van der Waals surface area contributed by atoms with E-state index in [2.05, 4.69) is 183 Å². The van der Waals surface area contributed by atoms with E-state index in [9.17, 15) is 0 Å². The molecule has 8 aromatic carbocycles. The van der Waals surface area contributed by atoms with E-state index in [0.717, 1.165) is 5.69 Å². The molecule has 0 aliphatic heterocycles. The lowest BCUT2D eigenvalue weighted by Crippen LogP contribution is -2.15. The van der Waals surface area contributed by atoms with Crippen LogP contribution in [-0.2, 0) is 5.41 Å². The minimum atomic E-state index is -0.0509. The molecule has 3 heteroatoms. The van der Waals surface area contributed by atoms with Crippen LogP contribution in [0.3, 0.4) is 0 Å². The fourth-order valence-electron chi connectivity index (χ4n) is 8.75. The minimum Gasteiger partial charge on any atom is -0.309 e. The number of rotatable bonds is 4. The second-order valence-electron chi connectivity index (χ2n) is 14.5. The predicted molar refractivity (Wildman–Crippen MR) is 227 cm³/mol.